The van der Waals surface area contributed by atoms with Crippen LogP contribution in [0.4, 0.5) is 11.4 Å². The fraction of sp³-hybridized carbons (Fsp3) is 0.471. The molecule has 1 aromatic carbocycles. The van der Waals surface area contributed by atoms with Crippen LogP contribution < -0.4 is 10.6 Å². The maximum atomic E-state index is 4.63. The number of hydrogen-bond acceptors (Lipinski definition) is 3. The number of nitrogens with zero attached hydrogens (tertiary/aromatic N) is 2. The van der Waals surface area contributed by atoms with Gasteiger partial charge in [0.2, 0.25) is 0 Å². The highest BCUT2D eigenvalue weighted by Crippen LogP contribution is 2.28. The molecule has 0 saturated heterocycles. The van der Waals surface area contributed by atoms with Crippen LogP contribution in [0.1, 0.15) is 42.4 Å². The lowest BCUT2D eigenvalue weighted by Crippen LogP contribution is -2.07. The molecule has 0 saturated carbocycles. The lowest BCUT2D eigenvalue weighted by molar-refractivity contribution is 0.516. The Labute approximate surface area is 126 Å². The van der Waals surface area contributed by atoms with Gasteiger partial charge in [-0.05, 0) is 45.2 Å². The molecule has 1 aromatic heterocycles. The first-order valence-electron chi connectivity index (χ1n) is 7.72. The van der Waals surface area contributed by atoms with Crippen LogP contribution in [0.25, 0.3) is 0 Å². The SMILES string of the molecule is Cc1nn(C(C)C)c(C)c1NCc1cccc2c1NCC2. The number of aryl methyl sites for hydroxylation is 1. The second-order valence-corrected chi connectivity index (χ2v) is 6.07. The van der Waals surface area contributed by atoms with E-state index in [1.807, 2.05) is 0 Å². The maximum Gasteiger partial charge on any atom is 0.0828 e. The molecule has 21 heavy (non-hydrogen) atoms. The van der Waals surface area contributed by atoms with Gasteiger partial charge in [0.1, 0.15) is 0 Å². The summed E-state index contributed by atoms with van der Waals surface area (Å²) >= 11 is 0. The van der Waals surface area contributed by atoms with Gasteiger partial charge >= 0.3 is 0 Å². The topological polar surface area (TPSA) is 41.9 Å². The second-order valence-electron chi connectivity index (χ2n) is 6.07. The largest absolute Gasteiger partial charge is 0.384 e. The van der Waals surface area contributed by atoms with Crippen molar-refractivity contribution in [2.24, 2.45) is 0 Å². The van der Waals surface area contributed by atoms with E-state index in [1.54, 1.807) is 0 Å². The highest BCUT2D eigenvalue weighted by Gasteiger charge is 2.16. The van der Waals surface area contributed by atoms with Gasteiger partial charge in [0.25, 0.3) is 0 Å². The van der Waals surface area contributed by atoms with Crippen molar-refractivity contribution >= 4 is 11.4 Å². The van der Waals surface area contributed by atoms with Crippen molar-refractivity contribution in [1.82, 2.24) is 9.78 Å². The van der Waals surface area contributed by atoms with Gasteiger partial charge in [-0.25, -0.2) is 0 Å². The van der Waals surface area contributed by atoms with Crippen LogP contribution >= 0.6 is 0 Å². The maximum absolute atomic E-state index is 4.63. The number of hydrogen-bond donors (Lipinski definition) is 2. The number of fused-ring (bicyclic) bond motifs is 1. The van der Waals surface area contributed by atoms with Gasteiger partial charge in [0, 0.05) is 24.8 Å². The van der Waals surface area contributed by atoms with Crippen molar-refractivity contribution in [3.05, 3.63) is 40.7 Å². The number of nitrogens with one attached hydrogen (secondary N) is 2. The summed E-state index contributed by atoms with van der Waals surface area (Å²) in [5, 5.41) is 11.7. The number of para-hydroxylation sites is 1. The highest BCUT2D eigenvalue weighted by molar-refractivity contribution is 5.62. The van der Waals surface area contributed by atoms with Gasteiger partial charge in [-0.3, -0.25) is 4.68 Å². The van der Waals surface area contributed by atoms with Crippen LogP contribution in [0, 0.1) is 13.8 Å². The van der Waals surface area contributed by atoms with Crippen LogP contribution in [-0.2, 0) is 13.0 Å². The molecule has 1 aliphatic rings. The van der Waals surface area contributed by atoms with Crippen molar-refractivity contribution in [1.29, 1.82) is 0 Å². The monoisotopic (exact) mass is 284 g/mol. The molecule has 0 spiro atoms. The van der Waals surface area contributed by atoms with E-state index >= 15 is 0 Å². The average Bonchev–Trinajstić information content (AvgIpc) is 3.02. The van der Waals surface area contributed by atoms with E-state index in [9.17, 15) is 0 Å². The first-order valence-corrected chi connectivity index (χ1v) is 7.72. The van der Waals surface area contributed by atoms with Gasteiger partial charge in [-0.15, -0.1) is 0 Å². The van der Waals surface area contributed by atoms with Crippen LogP contribution in [0.15, 0.2) is 18.2 Å². The van der Waals surface area contributed by atoms with Gasteiger partial charge in [-0.1, -0.05) is 18.2 Å². The Kier molecular flexibility index (Phi) is 3.62. The van der Waals surface area contributed by atoms with E-state index < -0.39 is 0 Å². The van der Waals surface area contributed by atoms with Crippen molar-refractivity contribution in [2.75, 3.05) is 17.2 Å². The summed E-state index contributed by atoms with van der Waals surface area (Å²) < 4.78 is 2.09. The van der Waals surface area contributed by atoms with E-state index in [1.165, 1.54) is 28.2 Å². The Bertz CT molecular complexity index is 655. The summed E-state index contributed by atoms with van der Waals surface area (Å²) in [5.41, 5.74) is 7.53. The normalized spacial score (nSPS) is 13.4. The molecule has 112 valence electrons. The Hall–Kier alpha value is -1.97. The summed E-state index contributed by atoms with van der Waals surface area (Å²) in [6.07, 6.45) is 1.13. The molecule has 0 atom stereocenters. The third-order valence-corrected chi connectivity index (χ3v) is 4.20. The van der Waals surface area contributed by atoms with E-state index in [0.717, 1.165) is 25.2 Å². The predicted molar refractivity (Wildman–Crippen MR) is 88.0 cm³/mol. The minimum absolute atomic E-state index is 0.391. The summed E-state index contributed by atoms with van der Waals surface area (Å²) in [6.45, 7) is 10.4. The first-order chi connectivity index (χ1) is 10.1. The number of rotatable bonds is 4. The van der Waals surface area contributed by atoms with Crippen molar-refractivity contribution < 1.29 is 0 Å². The molecule has 0 amide bonds. The summed E-state index contributed by atoms with van der Waals surface area (Å²) in [4.78, 5) is 0. The molecule has 2 aromatic rings. The molecule has 0 radical (unpaired) electrons. The van der Waals surface area contributed by atoms with Crippen LogP contribution in [0.5, 0.6) is 0 Å². The lowest BCUT2D eigenvalue weighted by atomic mass is 10.1. The Morgan fingerprint density at radius 1 is 1.33 bits per heavy atom. The third kappa shape index (κ3) is 2.50. The molecule has 4 nitrogen and oxygen atoms in total. The van der Waals surface area contributed by atoms with E-state index in [2.05, 4.69) is 66.3 Å². The highest BCUT2D eigenvalue weighted by atomic mass is 15.3. The molecule has 4 heteroatoms. The molecule has 2 heterocycles. The molecule has 0 unspecified atom stereocenters. The zero-order valence-corrected chi connectivity index (χ0v) is 13.3. The lowest BCUT2D eigenvalue weighted by Gasteiger charge is -2.12. The van der Waals surface area contributed by atoms with Crippen LogP contribution in [-0.4, -0.2) is 16.3 Å². The predicted octanol–water partition coefficient (Wildman–Crippen LogP) is 3.66. The van der Waals surface area contributed by atoms with Crippen molar-refractivity contribution in [2.45, 2.75) is 46.7 Å². The van der Waals surface area contributed by atoms with E-state index in [-0.39, 0.29) is 0 Å². The van der Waals surface area contributed by atoms with Crippen molar-refractivity contribution in [3.8, 4) is 0 Å². The number of anilines is 2. The minimum atomic E-state index is 0.391. The molecule has 0 bridgehead atoms. The molecule has 0 aliphatic carbocycles. The summed E-state index contributed by atoms with van der Waals surface area (Å²) in [6, 6.07) is 6.95. The van der Waals surface area contributed by atoms with Gasteiger partial charge in [-0.2, -0.15) is 5.10 Å². The minimum Gasteiger partial charge on any atom is -0.384 e. The van der Waals surface area contributed by atoms with E-state index in [0.29, 0.717) is 6.04 Å². The molecule has 2 N–H and O–H groups in total. The number of aromatic nitrogens is 2. The molecule has 1 aliphatic heterocycles. The Morgan fingerprint density at radius 2 is 2.14 bits per heavy atom. The van der Waals surface area contributed by atoms with Crippen LogP contribution in [0.2, 0.25) is 0 Å². The quantitative estimate of drug-likeness (QED) is 0.900. The van der Waals surface area contributed by atoms with Gasteiger partial charge in [0.15, 0.2) is 0 Å². The smallest absolute Gasteiger partial charge is 0.0828 e. The average molecular weight is 284 g/mol. The zero-order valence-electron chi connectivity index (χ0n) is 13.3. The fourth-order valence-corrected chi connectivity index (χ4v) is 3.16. The summed E-state index contributed by atoms with van der Waals surface area (Å²) in [5.74, 6) is 0. The number of benzene rings is 1. The zero-order chi connectivity index (χ0) is 15.0. The fourth-order valence-electron chi connectivity index (χ4n) is 3.16. The summed E-state index contributed by atoms with van der Waals surface area (Å²) in [7, 11) is 0. The molecular formula is C17H24N4. The second kappa shape index (κ2) is 5.43. The standard InChI is InChI=1S/C17H24N4/c1-11(2)21-13(4)16(12(3)20-21)19-10-15-7-5-6-14-8-9-18-17(14)15/h5-7,11,18-19H,8-10H2,1-4H3. The Morgan fingerprint density at radius 3 is 2.86 bits per heavy atom. The van der Waals surface area contributed by atoms with Crippen molar-refractivity contribution in [3.63, 3.8) is 0 Å². The molecular weight excluding hydrogens is 260 g/mol. The first kappa shape index (κ1) is 14.0. The van der Waals surface area contributed by atoms with Crippen LogP contribution in [0.3, 0.4) is 0 Å². The van der Waals surface area contributed by atoms with E-state index in [4.69, 9.17) is 0 Å². The van der Waals surface area contributed by atoms with Gasteiger partial charge < -0.3 is 10.6 Å². The van der Waals surface area contributed by atoms with Gasteiger partial charge in [0.05, 0.1) is 17.1 Å². The third-order valence-electron chi connectivity index (χ3n) is 4.20. The molecule has 3 rings (SSSR count). The Balaban J connectivity index is 1.82. The molecule has 0 fully saturated rings.